The summed E-state index contributed by atoms with van der Waals surface area (Å²) in [4.78, 5) is 26.4. The molecule has 202 valence electrons. The number of piperidine rings is 1. The Labute approximate surface area is 219 Å². The standard InChI is InChI=1S/C26H41ClN4O5/c1-19-9-10-22(27)16-23(19)24(36-15-11-29-25(32)34-2)21-8-4-12-30(17-21)26(33)31(28)13-3-6-20-7-5-14-35-18-20/h9-10,16,20-21,24H,3-8,11-15,17-18,28H2,1-2H3,(H,29,32)/t20?,21?,24-/m1/s1. The fourth-order valence-electron chi connectivity index (χ4n) is 5.10. The minimum Gasteiger partial charge on any atom is -0.453 e. The number of aryl methyl sites for hydroxylation is 1. The Balaban J connectivity index is 1.60. The molecule has 0 saturated carbocycles. The maximum atomic E-state index is 13.2. The summed E-state index contributed by atoms with van der Waals surface area (Å²) in [5, 5.41) is 4.64. The summed E-state index contributed by atoms with van der Waals surface area (Å²) in [5.41, 5.74) is 2.07. The third kappa shape index (κ3) is 8.50. The topological polar surface area (TPSA) is 106 Å². The van der Waals surface area contributed by atoms with Gasteiger partial charge in [-0.1, -0.05) is 17.7 Å². The van der Waals surface area contributed by atoms with E-state index in [0.717, 1.165) is 56.4 Å². The van der Waals surface area contributed by atoms with Crippen LogP contribution in [0.2, 0.25) is 5.02 Å². The fraction of sp³-hybridized carbons (Fsp3) is 0.692. The van der Waals surface area contributed by atoms with Gasteiger partial charge in [-0.05, 0) is 74.6 Å². The van der Waals surface area contributed by atoms with E-state index < -0.39 is 6.09 Å². The minimum absolute atomic E-state index is 0.0748. The number of halogens is 1. The van der Waals surface area contributed by atoms with Gasteiger partial charge in [0.15, 0.2) is 0 Å². The molecule has 2 heterocycles. The number of ether oxygens (including phenoxy) is 3. The number of nitrogens with zero attached hydrogens (tertiary/aromatic N) is 2. The van der Waals surface area contributed by atoms with Crippen LogP contribution in [-0.2, 0) is 14.2 Å². The van der Waals surface area contributed by atoms with Crippen LogP contribution in [0, 0.1) is 18.8 Å². The first-order valence-electron chi connectivity index (χ1n) is 13.0. The first kappa shape index (κ1) is 28.5. The van der Waals surface area contributed by atoms with Crippen LogP contribution in [0.25, 0.3) is 0 Å². The Kier molecular flexibility index (Phi) is 11.6. The van der Waals surface area contributed by atoms with E-state index in [1.54, 1.807) is 0 Å². The maximum absolute atomic E-state index is 13.2. The van der Waals surface area contributed by atoms with E-state index in [-0.39, 0.29) is 18.1 Å². The Morgan fingerprint density at radius 1 is 1.33 bits per heavy atom. The highest BCUT2D eigenvalue weighted by Crippen LogP contribution is 2.36. The lowest BCUT2D eigenvalue weighted by atomic mass is 9.86. The molecule has 3 N–H and O–H groups in total. The molecule has 9 nitrogen and oxygen atoms in total. The molecule has 1 aromatic rings. The third-order valence-electron chi connectivity index (χ3n) is 7.07. The number of carbonyl (C=O) groups is 2. The molecule has 0 bridgehead atoms. The monoisotopic (exact) mass is 524 g/mol. The van der Waals surface area contributed by atoms with Gasteiger partial charge in [-0.25, -0.2) is 15.4 Å². The number of methoxy groups -OCH3 is 1. The second-order valence-electron chi connectivity index (χ2n) is 9.76. The van der Waals surface area contributed by atoms with Gasteiger partial charge >= 0.3 is 12.1 Å². The van der Waals surface area contributed by atoms with Crippen molar-refractivity contribution in [3.05, 3.63) is 34.3 Å². The molecule has 2 aliphatic rings. The smallest absolute Gasteiger partial charge is 0.406 e. The van der Waals surface area contributed by atoms with Gasteiger partial charge in [0.1, 0.15) is 0 Å². The molecule has 2 unspecified atom stereocenters. The van der Waals surface area contributed by atoms with E-state index >= 15 is 0 Å². The van der Waals surface area contributed by atoms with Crippen LogP contribution < -0.4 is 11.2 Å². The van der Waals surface area contributed by atoms with E-state index in [1.165, 1.54) is 18.5 Å². The van der Waals surface area contributed by atoms with E-state index in [0.29, 0.717) is 43.7 Å². The highest BCUT2D eigenvalue weighted by Gasteiger charge is 2.33. The highest BCUT2D eigenvalue weighted by molar-refractivity contribution is 6.30. The molecule has 10 heteroatoms. The zero-order chi connectivity index (χ0) is 25.9. The Bertz CT molecular complexity index is 852. The van der Waals surface area contributed by atoms with Crippen molar-refractivity contribution in [3.63, 3.8) is 0 Å². The molecule has 2 saturated heterocycles. The second-order valence-corrected chi connectivity index (χ2v) is 10.2. The quantitative estimate of drug-likeness (QED) is 0.205. The number of amides is 3. The molecule has 3 amide bonds. The van der Waals surface area contributed by atoms with Gasteiger partial charge in [0.25, 0.3) is 0 Å². The van der Waals surface area contributed by atoms with Crippen molar-refractivity contribution in [2.24, 2.45) is 17.7 Å². The van der Waals surface area contributed by atoms with Crippen LogP contribution in [0.3, 0.4) is 0 Å². The number of nitrogens with one attached hydrogen (secondary N) is 1. The van der Waals surface area contributed by atoms with Crippen LogP contribution in [0.1, 0.15) is 55.8 Å². The number of benzene rings is 1. The van der Waals surface area contributed by atoms with E-state index in [9.17, 15) is 9.59 Å². The minimum atomic E-state index is -0.498. The molecule has 2 fully saturated rings. The zero-order valence-electron chi connectivity index (χ0n) is 21.5. The van der Waals surface area contributed by atoms with Gasteiger partial charge < -0.3 is 24.4 Å². The number of hydrazine groups is 1. The van der Waals surface area contributed by atoms with Gasteiger partial charge in [-0.3, -0.25) is 5.01 Å². The summed E-state index contributed by atoms with van der Waals surface area (Å²) >= 11 is 6.32. The molecular weight excluding hydrogens is 484 g/mol. The number of likely N-dealkylation sites (tertiary alicyclic amines) is 1. The summed E-state index contributed by atoms with van der Waals surface area (Å²) in [5.74, 6) is 6.83. The van der Waals surface area contributed by atoms with Gasteiger partial charge in [0.05, 0.1) is 19.8 Å². The SMILES string of the molecule is COC(=O)NCCO[C@@H](c1cc(Cl)ccc1C)C1CCCN(C(=O)N(N)CCCC2CCCOC2)C1. The van der Waals surface area contributed by atoms with E-state index in [2.05, 4.69) is 10.1 Å². The average Bonchev–Trinajstić information content (AvgIpc) is 2.90. The second kappa shape index (κ2) is 14.6. The first-order chi connectivity index (χ1) is 17.4. The molecule has 0 radical (unpaired) electrons. The maximum Gasteiger partial charge on any atom is 0.406 e. The predicted octanol–water partition coefficient (Wildman–Crippen LogP) is 4.28. The van der Waals surface area contributed by atoms with Crippen molar-refractivity contribution < 1.29 is 23.8 Å². The predicted molar refractivity (Wildman–Crippen MR) is 139 cm³/mol. The summed E-state index contributed by atoms with van der Waals surface area (Å²) < 4.78 is 16.5. The molecule has 0 spiro atoms. The molecule has 3 rings (SSSR count). The van der Waals surface area contributed by atoms with Gasteiger partial charge in [0.2, 0.25) is 0 Å². The normalized spacial score (nSPS) is 21.1. The lowest BCUT2D eigenvalue weighted by Gasteiger charge is -2.39. The van der Waals surface area contributed by atoms with Crippen molar-refractivity contribution in [2.75, 3.05) is 53.1 Å². The number of hydrogen-bond donors (Lipinski definition) is 2. The molecule has 0 aromatic heterocycles. The molecular formula is C26H41ClN4O5. The van der Waals surface area contributed by atoms with Crippen LogP contribution in [0.5, 0.6) is 0 Å². The van der Waals surface area contributed by atoms with Crippen molar-refractivity contribution in [1.29, 1.82) is 0 Å². The van der Waals surface area contributed by atoms with Crippen molar-refractivity contribution in [2.45, 2.75) is 51.6 Å². The average molecular weight is 525 g/mol. The molecule has 2 aliphatic heterocycles. The number of urea groups is 1. The Morgan fingerprint density at radius 2 is 2.17 bits per heavy atom. The molecule has 36 heavy (non-hydrogen) atoms. The molecule has 0 aliphatic carbocycles. The van der Waals surface area contributed by atoms with Gasteiger partial charge in [-0.15, -0.1) is 0 Å². The van der Waals surface area contributed by atoms with Crippen LogP contribution in [0.15, 0.2) is 18.2 Å². The fourth-order valence-corrected chi connectivity index (χ4v) is 5.28. The lowest BCUT2D eigenvalue weighted by Crippen LogP contribution is -2.51. The van der Waals surface area contributed by atoms with Gasteiger partial charge in [0, 0.05) is 50.3 Å². The van der Waals surface area contributed by atoms with Crippen LogP contribution in [-0.4, -0.2) is 75.1 Å². The number of nitrogens with two attached hydrogens (primary N) is 1. The van der Waals surface area contributed by atoms with Crippen molar-refractivity contribution in [3.8, 4) is 0 Å². The summed E-state index contributed by atoms with van der Waals surface area (Å²) in [7, 11) is 1.33. The Morgan fingerprint density at radius 3 is 2.92 bits per heavy atom. The summed E-state index contributed by atoms with van der Waals surface area (Å²) in [6.07, 6.45) is 5.20. The summed E-state index contributed by atoms with van der Waals surface area (Å²) in [6.45, 7) is 6.07. The third-order valence-corrected chi connectivity index (χ3v) is 7.31. The lowest BCUT2D eigenvalue weighted by molar-refractivity contribution is -0.0110. The summed E-state index contributed by atoms with van der Waals surface area (Å²) in [6, 6.07) is 5.62. The Hall–Kier alpha value is -2.07. The van der Waals surface area contributed by atoms with Gasteiger partial charge in [-0.2, -0.15) is 0 Å². The van der Waals surface area contributed by atoms with Crippen LogP contribution in [0.4, 0.5) is 9.59 Å². The number of alkyl carbamates (subject to hydrolysis) is 1. The zero-order valence-corrected chi connectivity index (χ0v) is 22.3. The highest BCUT2D eigenvalue weighted by atomic mass is 35.5. The largest absolute Gasteiger partial charge is 0.453 e. The number of hydrogen-bond acceptors (Lipinski definition) is 6. The number of carbonyl (C=O) groups excluding carboxylic acids is 2. The van der Waals surface area contributed by atoms with E-state index in [1.807, 2.05) is 30.0 Å². The van der Waals surface area contributed by atoms with Crippen LogP contribution >= 0.6 is 11.6 Å². The van der Waals surface area contributed by atoms with Crippen molar-refractivity contribution >= 4 is 23.7 Å². The number of rotatable bonds is 10. The van der Waals surface area contributed by atoms with E-state index in [4.69, 9.17) is 26.9 Å². The molecule has 1 aromatic carbocycles. The molecule has 3 atom stereocenters. The van der Waals surface area contributed by atoms with Crippen molar-refractivity contribution in [1.82, 2.24) is 15.2 Å². The first-order valence-corrected chi connectivity index (χ1v) is 13.3.